The molecule has 1 aromatic carbocycles. The Bertz CT molecular complexity index is 683. The van der Waals surface area contributed by atoms with Crippen LogP contribution in [0.3, 0.4) is 0 Å². The third-order valence-corrected chi connectivity index (χ3v) is 5.26. The molecule has 0 amide bonds. The van der Waals surface area contributed by atoms with E-state index in [1.54, 1.807) is 24.3 Å². The molecule has 5 nitrogen and oxygen atoms in total. The molecule has 0 spiro atoms. The van der Waals surface area contributed by atoms with Crippen molar-refractivity contribution in [2.45, 2.75) is 45.4 Å². The third-order valence-electron chi connectivity index (χ3n) is 5.26. The number of hydrogen-bond acceptors (Lipinski definition) is 5. The van der Waals surface area contributed by atoms with Crippen LogP contribution in [-0.2, 0) is 9.59 Å². The van der Waals surface area contributed by atoms with Gasteiger partial charge in [-0.25, -0.2) is 0 Å². The molecule has 1 atom stereocenters. The maximum absolute atomic E-state index is 12.7. The maximum Gasteiger partial charge on any atom is 0.164 e. The lowest BCUT2D eigenvalue weighted by molar-refractivity contribution is -0.324. The average molecular weight is 342 g/mol. The zero-order valence-corrected chi connectivity index (χ0v) is 14.4. The minimum atomic E-state index is -1.93. The van der Waals surface area contributed by atoms with Crippen LogP contribution in [0.4, 0.5) is 0 Å². The molecule has 1 aromatic rings. The Morgan fingerprint density at radius 3 is 2.12 bits per heavy atom. The zero-order chi connectivity index (χ0) is 18.6. The molecule has 0 bridgehead atoms. The highest BCUT2D eigenvalue weighted by molar-refractivity contribution is 6.03. The van der Waals surface area contributed by atoms with Gasteiger partial charge in [-0.2, -0.15) is 0 Å². The number of carbonyl (C=O) groups excluding carboxylic acids is 3. The van der Waals surface area contributed by atoms with Gasteiger partial charge in [0.15, 0.2) is 5.78 Å². The molecule has 0 N–H and O–H groups in total. The van der Waals surface area contributed by atoms with Gasteiger partial charge in [0.2, 0.25) is 0 Å². The van der Waals surface area contributed by atoms with Crippen molar-refractivity contribution in [3.8, 4) is 0 Å². The Morgan fingerprint density at radius 1 is 1.08 bits per heavy atom. The normalized spacial score (nSPS) is 17.5. The number of carboxylic acids is 2. The second kappa shape index (κ2) is 7.64. The van der Waals surface area contributed by atoms with E-state index in [2.05, 4.69) is 6.58 Å². The van der Waals surface area contributed by atoms with Crippen molar-refractivity contribution < 1.29 is 24.6 Å². The fourth-order valence-electron chi connectivity index (χ4n) is 3.73. The summed E-state index contributed by atoms with van der Waals surface area (Å²) in [4.78, 5) is 36.2. The van der Waals surface area contributed by atoms with Crippen LogP contribution < -0.4 is 10.2 Å². The van der Waals surface area contributed by atoms with E-state index < -0.39 is 41.0 Å². The molecule has 1 fully saturated rings. The maximum atomic E-state index is 12.7. The first-order chi connectivity index (χ1) is 11.8. The fraction of sp³-hybridized carbons (Fsp3) is 0.450. The highest BCUT2D eigenvalue weighted by atomic mass is 16.4. The number of aliphatic carboxylic acids is 2. The van der Waals surface area contributed by atoms with Gasteiger partial charge in [-0.1, -0.05) is 55.7 Å². The molecule has 0 saturated heterocycles. The Balaban J connectivity index is 2.43. The van der Waals surface area contributed by atoms with E-state index in [1.807, 2.05) is 6.92 Å². The minimum Gasteiger partial charge on any atom is -0.549 e. The number of carbonyl (C=O) groups is 3. The van der Waals surface area contributed by atoms with Crippen LogP contribution >= 0.6 is 0 Å². The Hall–Kier alpha value is -2.43. The van der Waals surface area contributed by atoms with Crippen molar-refractivity contribution in [2.24, 2.45) is 11.3 Å². The van der Waals surface area contributed by atoms with Crippen molar-refractivity contribution in [1.29, 1.82) is 0 Å². The van der Waals surface area contributed by atoms with Crippen molar-refractivity contribution in [3.05, 3.63) is 47.5 Å². The third kappa shape index (κ3) is 3.81. The number of benzene rings is 1. The number of ketones is 1. The van der Waals surface area contributed by atoms with Crippen LogP contribution in [0, 0.1) is 18.3 Å². The average Bonchev–Trinajstić information content (AvgIpc) is 2.59. The highest BCUT2D eigenvalue weighted by Gasteiger charge is 2.45. The molecule has 0 heterocycles. The predicted molar refractivity (Wildman–Crippen MR) is 88.3 cm³/mol. The molecule has 1 aliphatic rings. The molecule has 1 saturated carbocycles. The summed E-state index contributed by atoms with van der Waals surface area (Å²) in [7, 11) is 0. The quantitative estimate of drug-likeness (QED) is 0.548. The van der Waals surface area contributed by atoms with Crippen molar-refractivity contribution in [2.75, 3.05) is 0 Å². The van der Waals surface area contributed by atoms with Gasteiger partial charge in [0.05, 0.1) is 11.9 Å². The summed E-state index contributed by atoms with van der Waals surface area (Å²) in [5, 5.41) is 23.5. The minimum absolute atomic E-state index is 0.346. The number of hydrogen-bond donors (Lipinski definition) is 0. The molecule has 2 rings (SSSR count). The predicted octanol–water partition coefficient (Wildman–Crippen LogP) is 1.19. The second-order valence-electron chi connectivity index (χ2n) is 6.83. The smallest absolute Gasteiger partial charge is 0.164 e. The lowest BCUT2D eigenvalue weighted by Gasteiger charge is -2.45. The van der Waals surface area contributed by atoms with Gasteiger partial charge in [-0.15, -0.1) is 0 Å². The molecular weight excluding hydrogens is 320 g/mol. The van der Waals surface area contributed by atoms with Gasteiger partial charge in [0, 0.05) is 17.4 Å². The summed E-state index contributed by atoms with van der Waals surface area (Å²) in [6.07, 6.45) is 3.12. The monoisotopic (exact) mass is 342 g/mol. The van der Waals surface area contributed by atoms with Crippen LogP contribution in [-0.4, -0.2) is 17.7 Å². The van der Waals surface area contributed by atoms with Crippen LogP contribution in [0.1, 0.15) is 54.4 Å². The van der Waals surface area contributed by atoms with Crippen LogP contribution in [0.25, 0.3) is 0 Å². The molecule has 25 heavy (non-hydrogen) atoms. The zero-order valence-electron chi connectivity index (χ0n) is 14.4. The molecule has 5 heteroatoms. The molecule has 0 aromatic heterocycles. The molecule has 134 valence electrons. The fourth-order valence-corrected chi connectivity index (χ4v) is 3.73. The van der Waals surface area contributed by atoms with Gasteiger partial charge in [0.1, 0.15) is 0 Å². The Labute approximate surface area is 147 Å². The van der Waals surface area contributed by atoms with E-state index in [4.69, 9.17) is 0 Å². The van der Waals surface area contributed by atoms with Gasteiger partial charge >= 0.3 is 0 Å². The Kier molecular flexibility index (Phi) is 5.77. The topological polar surface area (TPSA) is 97.3 Å². The first-order valence-electron chi connectivity index (χ1n) is 8.51. The van der Waals surface area contributed by atoms with Gasteiger partial charge in [-0.3, -0.25) is 4.79 Å². The Morgan fingerprint density at radius 2 is 1.64 bits per heavy atom. The van der Waals surface area contributed by atoms with Crippen LogP contribution in [0.15, 0.2) is 36.4 Å². The lowest BCUT2D eigenvalue weighted by atomic mass is 9.62. The van der Waals surface area contributed by atoms with Gasteiger partial charge < -0.3 is 19.8 Å². The summed E-state index contributed by atoms with van der Waals surface area (Å²) in [5.74, 6) is -4.14. The molecule has 1 aliphatic carbocycles. The van der Waals surface area contributed by atoms with E-state index in [0.29, 0.717) is 18.4 Å². The number of carboxylic acid groups (broad SMARTS) is 2. The number of aryl methyl sites for hydroxylation is 1. The van der Waals surface area contributed by atoms with Crippen LogP contribution in [0.5, 0.6) is 0 Å². The molecular formula is C20H22O5-2. The summed E-state index contributed by atoms with van der Waals surface area (Å²) in [6, 6.07) is 6.73. The molecule has 1 unspecified atom stereocenters. The van der Waals surface area contributed by atoms with E-state index in [0.717, 1.165) is 24.8 Å². The summed E-state index contributed by atoms with van der Waals surface area (Å²) in [5.41, 5.74) is -1.19. The summed E-state index contributed by atoms with van der Waals surface area (Å²) < 4.78 is 0. The number of Topliss-reactive ketones (excluding diaryl/α,β-unsaturated/α-hetero) is 1. The largest absolute Gasteiger partial charge is 0.549 e. The van der Waals surface area contributed by atoms with E-state index in [9.17, 15) is 24.6 Å². The van der Waals surface area contributed by atoms with Crippen LogP contribution in [0.2, 0.25) is 0 Å². The first kappa shape index (κ1) is 18.9. The van der Waals surface area contributed by atoms with Gasteiger partial charge in [0.25, 0.3) is 0 Å². The summed E-state index contributed by atoms with van der Waals surface area (Å²) >= 11 is 0. The SMILES string of the molecule is C=C(C(=O)[O-])C(CC(=O)c1ccc(C)cc1)(C(=O)[O-])C1CCCCC1. The highest BCUT2D eigenvalue weighted by Crippen LogP contribution is 2.46. The standard InChI is InChI=1S/C20H24O5/c1-13-8-10-15(11-9-13)17(21)12-20(19(24)25,14(2)18(22)23)16-6-4-3-5-7-16/h8-11,16H,2-7,12H2,1H3,(H,22,23)(H,24,25)/p-2. The first-order valence-corrected chi connectivity index (χ1v) is 8.51. The van der Waals surface area contributed by atoms with Crippen molar-refractivity contribution in [1.82, 2.24) is 0 Å². The van der Waals surface area contributed by atoms with Gasteiger partial charge in [-0.05, 0) is 31.3 Å². The van der Waals surface area contributed by atoms with E-state index in [1.165, 1.54) is 0 Å². The van der Waals surface area contributed by atoms with Crippen molar-refractivity contribution >= 4 is 17.7 Å². The van der Waals surface area contributed by atoms with E-state index in [-0.39, 0.29) is 0 Å². The second-order valence-corrected chi connectivity index (χ2v) is 6.83. The molecule has 0 radical (unpaired) electrons. The lowest BCUT2D eigenvalue weighted by Crippen LogP contribution is -2.53. The summed E-state index contributed by atoms with van der Waals surface area (Å²) in [6.45, 7) is 5.32. The van der Waals surface area contributed by atoms with Crippen molar-refractivity contribution in [3.63, 3.8) is 0 Å². The number of rotatable bonds is 7. The molecule has 0 aliphatic heterocycles. The van der Waals surface area contributed by atoms with E-state index >= 15 is 0 Å².